The van der Waals surface area contributed by atoms with Crippen molar-refractivity contribution in [3.63, 3.8) is 0 Å². The van der Waals surface area contributed by atoms with Gasteiger partial charge in [0.15, 0.2) is 0 Å². The third kappa shape index (κ3) is 1.11. The van der Waals surface area contributed by atoms with Crippen molar-refractivity contribution in [1.29, 1.82) is 0 Å². The van der Waals surface area contributed by atoms with Crippen molar-refractivity contribution in [2.24, 2.45) is 0 Å². The van der Waals surface area contributed by atoms with E-state index in [2.05, 4.69) is 5.32 Å². The smallest absolute Gasteiger partial charge is 0.256 e. The molecule has 1 amide bonds. The fourth-order valence-electron chi connectivity index (χ4n) is 2.14. The first-order valence-corrected chi connectivity index (χ1v) is 5.31. The highest BCUT2D eigenvalue weighted by atomic mass is 16.5. The molecule has 1 aliphatic heterocycles. The van der Waals surface area contributed by atoms with Crippen LogP contribution in [-0.4, -0.2) is 12.5 Å². The van der Waals surface area contributed by atoms with Crippen LogP contribution in [0.4, 0.5) is 5.69 Å². The van der Waals surface area contributed by atoms with Gasteiger partial charge in [0.25, 0.3) is 5.91 Å². The summed E-state index contributed by atoms with van der Waals surface area (Å²) in [6, 6.07) is 9.49. The van der Waals surface area contributed by atoms with E-state index in [9.17, 15) is 4.79 Å². The molecule has 0 saturated heterocycles. The van der Waals surface area contributed by atoms with Crippen molar-refractivity contribution in [3.05, 3.63) is 35.9 Å². The minimum atomic E-state index is -0.0331. The third-order valence-electron chi connectivity index (χ3n) is 2.79. The fraction of sp³-hybridized carbons (Fsp3) is 0.154. The summed E-state index contributed by atoms with van der Waals surface area (Å²) in [7, 11) is 0. The fourth-order valence-corrected chi connectivity index (χ4v) is 2.14. The molecule has 3 heteroatoms. The molecule has 16 heavy (non-hydrogen) atoms. The lowest BCUT2D eigenvalue weighted by Gasteiger charge is -2.07. The Morgan fingerprint density at radius 3 is 2.94 bits per heavy atom. The SMILES string of the molecule is CCOc1ccc2c3c(cccc13)NC2=O. The van der Waals surface area contributed by atoms with Gasteiger partial charge in [-0.1, -0.05) is 12.1 Å². The molecule has 0 radical (unpaired) electrons. The maximum absolute atomic E-state index is 11.7. The summed E-state index contributed by atoms with van der Waals surface area (Å²) < 4.78 is 5.55. The number of anilines is 1. The predicted molar refractivity (Wildman–Crippen MR) is 63.1 cm³/mol. The molecule has 80 valence electrons. The van der Waals surface area contributed by atoms with Crippen LogP contribution in [0.3, 0.4) is 0 Å². The standard InChI is InChI=1S/C13H11NO2/c1-2-16-11-7-6-9-12-8(11)4-3-5-10(12)14-13(9)15/h3-7H,2H2,1H3,(H,14,15). The summed E-state index contributed by atoms with van der Waals surface area (Å²) >= 11 is 0. The van der Waals surface area contributed by atoms with E-state index in [1.54, 1.807) is 0 Å². The van der Waals surface area contributed by atoms with E-state index in [0.717, 1.165) is 27.8 Å². The quantitative estimate of drug-likeness (QED) is 0.833. The maximum Gasteiger partial charge on any atom is 0.256 e. The van der Waals surface area contributed by atoms with Crippen LogP contribution >= 0.6 is 0 Å². The number of hydrogen-bond acceptors (Lipinski definition) is 2. The van der Waals surface area contributed by atoms with Gasteiger partial charge in [-0.05, 0) is 25.1 Å². The van der Waals surface area contributed by atoms with E-state index in [0.29, 0.717) is 6.61 Å². The number of carbonyl (C=O) groups is 1. The number of carbonyl (C=O) groups excluding carboxylic acids is 1. The molecule has 1 aliphatic rings. The molecule has 0 unspecified atom stereocenters. The van der Waals surface area contributed by atoms with Crippen LogP contribution in [0, 0.1) is 0 Å². The number of hydrogen-bond donors (Lipinski definition) is 1. The van der Waals surface area contributed by atoms with Crippen LogP contribution < -0.4 is 10.1 Å². The number of amides is 1. The Morgan fingerprint density at radius 2 is 2.12 bits per heavy atom. The van der Waals surface area contributed by atoms with Crippen LogP contribution in [0.15, 0.2) is 30.3 Å². The average molecular weight is 213 g/mol. The molecule has 2 aromatic carbocycles. The van der Waals surface area contributed by atoms with Crippen LogP contribution in [0.25, 0.3) is 10.8 Å². The van der Waals surface area contributed by atoms with Crippen LogP contribution in [-0.2, 0) is 0 Å². The normalized spacial score (nSPS) is 12.9. The highest BCUT2D eigenvalue weighted by Crippen LogP contribution is 2.37. The van der Waals surface area contributed by atoms with Gasteiger partial charge in [0.1, 0.15) is 5.75 Å². The van der Waals surface area contributed by atoms with Gasteiger partial charge in [0, 0.05) is 22.0 Å². The van der Waals surface area contributed by atoms with E-state index < -0.39 is 0 Å². The predicted octanol–water partition coefficient (Wildman–Crippen LogP) is 2.80. The van der Waals surface area contributed by atoms with E-state index in [1.807, 2.05) is 37.3 Å². The average Bonchev–Trinajstić information content (AvgIpc) is 2.61. The van der Waals surface area contributed by atoms with E-state index in [4.69, 9.17) is 4.74 Å². The van der Waals surface area contributed by atoms with Gasteiger partial charge in [-0.2, -0.15) is 0 Å². The molecule has 0 fully saturated rings. The summed E-state index contributed by atoms with van der Waals surface area (Å²) in [6.45, 7) is 2.58. The molecule has 3 rings (SSSR count). The van der Waals surface area contributed by atoms with Gasteiger partial charge in [0.2, 0.25) is 0 Å². The lowest BCUT2D eigenvalue weighted by atomic mass is 10.0. The van der Waals surface area contributed by atoms with Crippen molar-refractivity contribution in [1.82, 2.24) is 0 Å². The highest BCUT2D eigenvalue weighted by molar-refractivity contribution is 6.24. The lowest BCUT2D eigenvalue weighted by molar-refractivity contribution is 0.103. The number of rotatable bonds is 2. The summed E-state index contributed by atoms with van der Waals surface area (Å²) in [5.74, 6) is 0.800. The highest BCUT2D eigenvalue weighted by Gasteiger charge is 2.22. The van der Waals surface area contributed by atoms with Gasteiger partial charge in [0.05, 0.1) is 6.61 Å². The van der Waals surface area contributed by atoms with Gasteiger partial charge >= 0.3 is 0 Å². The molecule has 0 aromatic heterocycles. The van der Waals surface area contributed by atoms with Crippen molar-refractivity contribution in [2.45, 2.75) is 6.92 Å². The third-order valence-corrected chi connectivity index (χ3v) is 2.79. The molecule has 0 atom stereocenters. The molecule has 1 heterocycles. The minimum Gasteiger partial charge on any atom is -0.493 e. The lowest BCUT2D eigenvalue weighted by Crippen LogP contribution is -2.03. The molecule has 0 saturated carbocycles. The van der Waals surface area contributed by atoms with Gasteiger partial charge in [-0.15, -0.1) is 0 Å². The van der Waals surface area contributed by atoms with E-state index >= 15 is 0 Å². The second-order valence-electron chi connectivity index (χ2n) is 3.73. The largest absolute Gasteiger partial charge is 0.493 e. The van der Waals surface area contributed by atoms with E-state index in [1.165, 1.54) is 0 Å². The van der Waals surface area contributed by atoms with Crippen molar-refractivity contribution in [3.8, 4) is 5.75 Å². The Hall–Kier alpha value is -2.03. The maximum atomic E-state index is 11.7. The molecule has 0 bridgehead atoms. The monoisotopic (exact) mass is 213 g/mol. The molecule has 3 nitrogen and oxygen atoms in total. The zero-order valence-corrected chi connectivity index (χ0v) is 8.91. The van der Waals surface area contributed by atoms with Crippen molar-refractivity contribution >= 4 is 22.4 Å². The number of benzene rings is 2. The summed E-state index contributed by atoms with van der Waals surface area (Å²) in [5, 5.41) is 4.81. The zero-order valence-electron chi connectivity index (χ0n) is 8.91. The summed E-state index contributed by atoms with van der Waals surface area (Å²) in [5.41, 5.74) is 1.60. The Labute approximate surface area is 93.0 Å². The molecule has 2 aromatic rings. The Balaban J connectivity index is 2.37. The molecular formula is C13H11NO2. The first-order chi connectivity index (χ1) is 7.81. The first kappa shape index (κ1) is 9.21. The van der Waals surface area contributed by atoms with Crippen molar-refractivity contribution in [2.75, 3.05) is 11.9 Å². The van der Waals surface area contributed by atoms with Crippen LogP contribution in [0.5, 0.6) is 5.75 Å². The summed E-state index contributed by atoms with van der Waals surface area (Å²) in [4.78, 5) is 11.7. The van der Waals surface area contributed by atoms with Crippen LogP contribution in [0.1, 0.15) is 17.3 Å². The molecule has 1 N–H and O–H groups in total. The first-order valence-electron chi connectivity index (χ1n) is 5.31. The molecule has 0 spiro atoms. The Kier molecular flexibility index (Phi) is 1.86. The van der Waals surface area contributed by atoms with Gasteiger partial charge in [-0.3, -0.25) is 4.79 Å². The minimum absolute atomic E-state index is 0.0331. The van der Waals surface area contributed by atoms with Gasteiger partial charge in [-0.25, -0.2) is 0 Å². The topological polar surface area (TPSA) is 38.3 Å². The number of nitrogens with one attached hydrogen (secondary N) is 1. The molecular weight excluding hydrogens is 202 g/mol. The molecule has 0 aliphatic carbocycles. The summed E-state index contributed by atoms with van der Waals surface area (Å²) in [6.07, 6.45) is 0. The Morgan fingerprint density at radius 1 is 1.25 bits per heavy atom. The van der Waals surface area contributed by atoms with E-state index in [-0.39, 0.29) is 5.91 Å². The Bertz CT molecular complexity index is 590. The van der Waals surface area contributed by atoms with Crippen molar-refractivity contribution < 1.29 is 9.53 Å². The van der Waals surface area contributed by atoms with Crippen LogP contribution in [0.2, 0.25) is 0 Å². The van der Waals surface area contributed by atoms with Gasteiger partial charge < -0.3 is 10.1 Å². The number of ether oxygens (including phenoxy) is 1. The second-order valence-corrected chi connectivity index (χ2v) is 3.73. The zero-order chi connectivity index (χ0) is 11.1. The second kappa shape index (κ2) is 3.23.